The lowest BCUT2D eigenvalue weighted by Crippen LogP contribution is -2.43. The minimum atomic E-state index is -4.33. The molecule has 0 radical (unpaired) electrons. The van der Waals surface area contributed by atoms with Crippen LogP contribution in [0.15, 0.2) is 40.0 Å². The second-order valence-corrected chi connectivity index (χ2v) is 7.26. The molecule has 1 heterocycles. The summed E-state index contributed by atoms with van der Waals surface area (Å²) < 4.78 is 39.8. The quantitative estimate of drug-likeness (QED) is 0.470. The summed E-state index contributed by atoms with van der Waals surface area (Å²) in [6.45, 7) is 5.12. The number of nitrogens with two attached hydrogens (primary N) is 1. The Morgan fingerprint density at radius 1 is 1.13 bits per heavy atom. The predicted molar refractivity (Wildman–Crippen MR) is 89.7 cm³/mol. The monoisotopic (exact) mass is 402 g/mol. The summed E-state index contributed by atoms with van der Waals surface area (Å²) in [4.78, 5) is -0.0851. The molecule has 2 rings (SSSR count). The number of ether oxygens (including phenoxy) is 1. The maximum Gasteiger partial charge on any atom is 0.240 e. The Hall–Kier alpha value is -1.64. The molecule has 0 fully saturated rings. The third kappa shape index (κ3) is 5.81. The standard InChI is InChI=1S/C9H12O3S.C6H8BrN2O/c1-6-4-7(2)9(8(3)5-6)13(10,11)12;1-10-6-2-5(7)3-9(8)4-6/h4-5H,1-3H3,(H,10,11,12);2-4H,8H2,1H3/q;+1/p-1. The van der Waals surface area contributed by atoms with Crippen molar-refractivity contribution in [3.8, 4) is 5.75 Å². The lowest BCUT2D eigenvalue weighted by Gasteiger charge is -2.14. The highest BCUT2D eigenvalue weighted by Gasteiger charge is 2.09. The van der Waals surface area contributed by atoms with Gasteiger partial charge >= 0.3 is 0 Å². The summed E-state index contributed by atoms with van der Waals surface area (Å²) in [7, 11) is -2.73. The zero-order valence-corrected chi connectivity index (χ0v) is 15.7. The zero-order valence-electron chi connectivity index (χ0n) is 13.3. The van der Waals surface area contributed by atoms with Crippen LogP contribution in [-0.2, 0) is 10.1 Å². The highest BCUT2D eigenvalue weighted by atomic mass is 79.9. The van der Waals surface area contributed by atoms with Gasteiger partial charge in [-0.05, 0) is 47.8 Å². The minimum Gasteiger partial charge on any atom is -0.744 e. The van der Waals surface area contributed by atoms with Crippen LogP contribution >= 0.6 is 15.9 Å². The summed E-state index contributed by atoms with van der Waals surface area (Å²) in [5, 5.41) is 0. The van der Waals surface area contributed by atoms with Crippen LogP contribution in [0.4, 0.5) is 0 Å². The molecule has 2 aromatic rings. The third-order valence-electron chi connectivity index (χ3n) is 2.92. The van der Waals surface area contributed by atoms with Gasteiger partial charge in [0.25, 0.3) is 0 Å². The van der Waals surface area contributed by atoms with Crippen molar-refractivity contribution >= 4 is 26.0 Å². The normalized spacial score (nSPS) is 10.7. The molecule has 0 unspecified atom stereocenters. The molecule has 0 spiro atoms. The number of pyridine rings is 1. The zero-order chi connectivity index (χ0) is 17.8. The van der Waals surface area contributed by atoms with E-state index in [2.05, 4.69) is 15.9 Å². The van der Waals surface area contributed by atoms with Gasteiger partial charge < -0.3 is 9.29 Å². The maximum atomic E-state index is 10.8. The molecule has 0 saturated heterocycles. The van der Waals surface area contributed by atoms with E-state index in [1.165, 1.54) is 4.68 Å². The van der Waals surface area contributed by atoms with Crippen molar-refractivity contribution in [1.29, 1.82) is 0 Å². The number of nitrogens with zero attached hydrogens (tertiary/aromatic N) is 1. The van der Waals surface area contributed by atoms with E-state index in [4.69, 9.17) is 10.6 Å². The van der Waals surface area contributed by atoms with Gasteiger partial charge in [0.1, 0.15) is 10.1 Å². The predicted octanol–water partition coefficient (Wildman–Crippen LogP) is 1.97. The second-order valence-electron chi connectivity index (χ2n) is 5.02. The Balaban J connectivity index is 0.000000238. The molecule has 8 heteroatoms. The van der Waals surface area contributed by atoms with Crippen molar-refractivity contribution in [2.24, 2.45) is 0 Å². The van der Waals surface area contributed by atoms with Gasteiger partial charge in [-0.15, -0.1) is 0 Å². The number of aromatic nitrogens is 1. The number of aryl methyl sites for hydroxylation is 3. The van der Waals surface area contributed by atoms with Gasteiger partial charge in [0.15, 0.2) is 5.75 Å². The van der Waals surface area contributed by atoms with Gasteiger partial charge in [-0.2, -0.15) is 0 Å². The van der Waals surface area contributed by atoms with Crippen LogP contribution in [0.1, 0.15) is 16.7 Å². The summed E-state index contributed by atoms with van der Waals surface area (Å²) in [6.07, 6.45) is 3.42. The van der Waals surface area contributed by atoms with Gasteiger partial charge in [0.05, 0.1) is 16.5 Å². The van der Waals surface area contributed by atoms with Crippen LogP contribution in [0.2, 0.25) is 0 Å². The van der Waals surface area contributed by atoms with Crippen LogP contribution < -0.4 is 15.3 Å². The molecule has 126 valence electrons. The van der Waals surface area contributed by atoms with E-state index in [1.54, 1.807) is 45.5 Å². The van der Waals surface area contributed by atoms with Crippen molar-refractivity contribution in [3.05, 3.63) is 51.8 Å². The van der Waals surface area contributed by atoms with E-state index in [9.17, 15) is 13.0 Å². The fourth-order valence-corrected chi connectivity index (χ4v) is 3.58. The second kappa shape index (κ2) is 7.76. The van der Waals surface area contributed by atoms with Gasteiger partial charge in [-0.3, -0.25) is 0 Å². The van der Waals surface area contributed by atoms with E-state index in [0.29, 0.717) is 11.1 Å². The van der Waals surface area contributed by atoms with Crippen molar-refractivity contribution in [2.75, 3.05) is 13.0 Å². The third-order valence-corrected chi connectivity index (χ3v) is 4.50. The number of rotatable bonds is 2. The molecule has 23 heavy (non-hydrogen) atoms. The molecule has 0 aliphatic heterocycles. The van der Waals surface area contributed by atoms with Crippen LogP contribution in [0, 0.1) is 20.8 Å². The van der Waals surface area contributed by atoms with E-state index < -0.39 is 10.1 Å². The van der Waals surface area contributed by atoms with E-state index >= 15 is 0 Å². The minimum absolute atomic E-state index is 0.0851. The molecule has 0 aliphatic carbocycles. The average Bonchev–Trinajstić information content (AvgIpc) is 2.35. The summed E-state index contributed by atoms with van der Waals surface area (Å²) >= 11 is 3.27. The van der Waals surface area contributed by atoms with Gasteiger partial charge in [0, 0.05) is 6.07 Å². The number of halogens is 1. The molecule has 6 nitrogen and oxygen atoms in total. The smallest absolute Gasteiger partial charge is 0.240 e. The summed E-state index contributed by atoms with van der Waals surface area (Å²) in [5.74, 6) is 6.17. The highest BCUT2D eigenvalue weighted by molar-refractivity contribution is 9.10. The number of benzene rings is 1. The Morgan fingerprint density at radius 3 is 2.04 bits per heavy atom. The van der Waals surface area contributed by atoms with E-state index in [-0.39, 0.29) is 4.90 Å². The first kappa shape index (κ1) is 19.4. The fraction of sp³-hybridized carbons (Fsp3) is 0.267. The van der Waals surface area contributed by atoms with Gasteiger partial charge in [0.2, 0.25) is 12.4 Å². The number of methoxy groups -OCH3 is 1. The summed E-state index contributed by atoms with van der Waals surface area (Å²) in [5.41, 5.74) is 2.00. The molecular formula is C15H19BrN2O4S. The van der Waals surface area contributed by atoms with Crippen molar-refractivity contribution in [3.63, 3.8) is 0 Å². The largest absolute Gasteiger partial charge is 0.744 e. The Morgan fingerprint density at radius 2 is 1.65 bits per heavy atom. The molecule has 0 saturated carbocycles. The average molecular weight is 403 g/mol. The van der Waals surface area contributed by atoms with Gasteiger partial charge in [-0.25, -0.2) is 14.3 Å². The molecule has 0 bridgehead atoms. The molecule has 2 N–H and O–H groups in total. The number of hydrogen-bond acceptors (Lipinski definition) is 5. The Bertz CT molecular complexity index is 764. The topological polar surface area (TPSA) is 96.3 Å². The molecular weight excluding hydrogens is 384 g/mol. The number of nitrogen functional groups attached to an aromatic ring is 1. The SMILES string of the molecule is COc1cc(Br)c[n+](N)c1.Cc1cc(C)c(S(=O)(=O)[O-])c(C)c1. The van der Waals surface area contributed by atoms with Crippen molar-refractivity contribution in [2.45, 2.75) is 25.7 Å². The molecule has 0 amide bonds. The van der Waals surface area contributed by atoms with Crippen molar-refractivity contribution < 1.29 is 22.4 Å². The maximum absolute atomic E-state index is 10.8. The highest BCUT2D eigenvalue weighted by Crippen LogP contribution is 2.20. The van der Waals surface area contributed by atoms with Crippen LogP contribution in [-0.4, -0.2) is 20.1 Å². The Kier molecular flexibility index (Phi) is 6.55. The first-order valence-electron chi connectivity index (χ1n) is 6.59. The Labute approximate surface area is 144 Å². The first-order valence-corrected chi connectivity index (χ1v) is 8.79. The lowest BCUT2D eigenvalue weighted by atomic mass is 10.1. The van der Waals surface area contributed by atoms with Crippen LogP contribution in [0.3, 0.4) is 0 Å². The molecule has 0 aliphatic rings. The lowest BCUT2D eigenvalue weighted by molar-refractivity contribution is -0.639. The summed E-state index contributed by atoms with van der Waals surface area (Å²) in [6, 6.07) is 5.22. The molecule has 1 aromatic heterocycles. The van der Waals surface area contributed by atoms with Crippen molar-refractivity contribution in [1.82, 2.24) is 0 Å². The molecule has 1 aromatic carbocycles. The fourth-order valence-electron chi connectivity index (χ4n) is 2.21. The van der Waals surface area contributed by atoms with Crippen LogP contribution in [0.25, 0.3) is 0 Å². The van der Waals surface area contributed by atoms with Crippen LogP contribution in [0.5, 0.6) is 5.75 Å². The molecule has 0 atom stereocenters. The number of hydrogen-bond donors (Lipinski definition) is 1. The van der Waals surface area contributed by atoms with E-state index in [0.717, 1.165) is 15.8 Å². The van der Waals surface area contributed by atoms with E-state index in [1.807, 2.05) is 13.0 Å². The first-order chi connectivity index (χ1) is 10.5. The van der Waals surface area contributed by atoms with Gasteiger partial charge in [-0.1, -0.05) is 22.4 Å².